The molecule has 1 rings (SSSR count). The predicted molar refractivity (Wildman–Crippen MR) is 39.0 cm³/mol. The minimum Gasteiger partial charge on any atom is -1.00 e. The van der Waals surface area contributed by atoms with Gasteiger partial charge in [0, 0.05) is 6.07 Å². The van der Waals surface area contributed by atoms with Gasteiger partial charge in [0.05, 0.1) is 7.11 Å². The summed E-state index contributed by atoms with van der Waals surface area (Å²) in [6, 6.07) is 3.51. The second-order valence-corrected chi connectivity index (χ2v) is 2.25. The van der Waals surface area contributed by atoms with Gasteiger partial charge in [0.15, 0.2) is 12.4 Å². The van der Waals surface area contributed by atoms with Crippen molar-refractivity contribution in [3.8, 4) is 0 Å². The molecule has 0 bridgehead atoms. The molecule has 0 fully saturated rings. The van der Waals surface area contributed by atoms with Crippen molar-refractivity contribution in [3.05, 3.63) is 30.1 Å². The van der Waals surface area contributed by atoms with E-state index in [0.29, 0.717) is 5.56 Å². The van der Waals surface area contributed by atoms with Gasteiger partial charge in [-0.25, -0.2) is 9.36 Å². The van der Waals surface area contributed by atoms with E-state index in [4.69, 9.17) is 0 Å². The Morgan fingerprint density at radius 2 is 2.25 bits per heavy atom. The number of hydrogen-bond acceptors (Lipinski definition) is 2. The van der Waals surface area contributed by atoms with Gasteiger partial charge in [-0.15, -0.1) is 0 Å². The van der Waals surface area contributed by atoms with E-state index in [0.717, 1.165) is 0 Å². The Kier molecular flexibility index (Phi) is 4.80. The molecule has 0 aliphatic heterocycles. The van der Waals surface area contributed by atoms with Gasteiger partial charge in [-0.2, -0.15) is 0 Å². The highest BCUT2D eigenvalue weighted by atomic mass is 127. The van der Waals surface area contributed by atoms with E-state index in [9.17, 15) is 4.79 Å². The third-order valence-corrected chi connectivity index (χ3v) is 1.36. The molecular weight excluding hydrogens is 269 g/mol. The fourth-order valence-electron chi connectivity index (χ4n) is 0.827. The summed E-state index contributed by atoms with van der Waals surface area (Å²) in [6.07, 6.45) is 3.57. The standard InChI is InChI=1S/C8H10NO2.HI/c1-9-5-3-4-7(6-9)8(10)11-2;/h3-6H,1-2H3;1H/q+1;/p-1. The first-order valence-electron chi connectivity index (χ1n) is 3.27. The van der Waals surface area contributed by atoms with Crippen LogP contribution in [0.1, 0.15) is 10.4 Å². The Morgan fingerprint density at radius 1 is 1.58 bits per heavy atom. The van der Waals surface area contributed by atoms with Crippen molar-refractivity contribution < 1.29 is 38.1 Å². The van der Waals surface area contributed by atoms with E-state index in [-0.39, 0.29) is 29.9 Å². The average Bonchev–Trinajstić information content (AvgIpc) is 2.03. The highest BCUT2D eigenvalue weighted by Crippen LogP contribution is 1.95. The lowest BCUT2D eigenvalue weighted by Gasteiger charge is -1.94. The maximum atomic E-state index is 10.9. The van der Waals surface area contributed by atoms with Crippen LogP contribution in [0.2, 0.25) is 0 Å². The van der Waals surface area contributed by atoms with Crippen LogP contribution in [-0.4, -0.2) is 13.1 Å². The summed E-state index contributed by atoms with van der Waals surface area (Å²) >= 11 is 0. The van der Waals surface area contributed by atoms with Crippen molar-refractivity contribution in [2.75, 3.05) is 7.11 Å². The molecule has 0 aliphatic carbocycles. The highest BCUT2D eigenvalue weighted by molar-refractivity contribution is 5.88. The minimum absolute atomic E-state index is 0. The zero-order valence-corrected chi connectivity index (χ0v) is 9.11. The summed E-state index contributed by atoms with van der Waals surface area (Å²) in [5.41, 5.74) is 0.567. The number of nitrogens with zero attached hydrogens (tertiary/aromatic N) is 1. The quantitative estimate of drug-likeness (QED) is 0.318. The zero-order chi connectivity index (χ0) is 8.27. The van der Waals surface area contributed by atoms with Gasteiger partial charge >= 0.3 is 5.97 Å². The number of carbonyl (C=O) groups excluding carboxylic acids is 1. The van der Waals surface area contributed by atoms with Gasteiger partial charge in [0.1, 0.15) is 12.6 Å². The van der Waals surface area contributed by atoms with Crippen LogP contribution in [0.4, 0.5) is 0 Å². The summed E-state index contributed by atoms with van der Waals surface area (Å²) in [7, 11) is 3.22. The van der Waals surface area contributed by atoms with Crippen molar-refractivity contribution in [2.45, 2.75) is 0 Å². The van der Waals surface area contributed by atoms with E-state index in [1.807, 2.05) is 13.2 Å². The molecule has 0 spiro atoms. The van der Waals surface area contributed by atoms with Crippen molar-refractivity contribution in [3.63, 3.8) is 0 Å². The number of hydrogen-bond donors (Lipinski definition) is 0. The van der Waals surface area contributed by atoms with Crippen molar-refractivity contribution in [1.82, 2.24) is 0 Å². The van der Waals surface area contributed by atoms with Gasteiger partial charge in [-0.1, -0.05) is 0 Å². The predicted octanol–water partition coefficient (Wildman–Crippen LogP) is -2.70. The van der Waals surface area contributed by atoms with Crippen LogP contribution < -0.4 is 28.5 Å². The topological polar surface area (TPSA) is 30.2 Å². The van der Waals surface area contributed by atoms with Crippen LogP contribution in [-0.2, 0) is 11.8 Å². The molecule has 12 heavy (non-hydrogen) atoms. The molecule has 0 saturated heterocycles. The zero-order valence-electron chi connectivity index (χ0n) is 6.95. The lowest BCUT2D eigenvalue weighted by atomic mass is 10.3. The molecule has 1 heterocycles. The first-order chi connectivity index (χ1) is 5.24. The number of ether oxygens (including phenoxy) is 1. The molecule has 0 aliphatic rings. The van der Waals surface area contributed by atoms with Crippen LogP contribution in [0.3, 0.4) is 0 Å². The maximum absolute atomic E-state index is 10.9. The first kappa shape index (κ1) is 11.4. The summed E-state index contributed by atoms with van der Waals surface area (Å²) in [5.74, 6) is -0.304. The second kappa shape index (κ2) is 5.08. The number of aryl methyl sites for hydroxylation is 1. The monoisotopic (exact) mass is 279 g/mol. The molecule has 1 aromatic heterocycles. The molecule has 0 N–H and O–H groups in total. The molecular formula is C8H10INO2. The third kappa shape index (κ3) is 2.77. The summed E-state index contributed by atoms with van der Waals surface area (Å²) < 4.78 is 6.34. The number of pyridine rings is 1. The maximum Gasteiger partial charge on any atom is 0.343 e. The van der Waals surface area contributed by atoms with E-state index in [1.54, 1.807) is 22.9 Å². The summed E-state index contributed by atoms with van der Waals surface area (Å²) in [6.45, 7) is 0. The van der Waals surface area contributed by atoms with Crippen molar-refractivity contribution in [1.29, 1.82) is 0 Å². The number of halogens is 1. The number of carbonyl (C=O) groups is 1. The molecule has 66 valence electrons. The second-order valence-electron chi connectivity index (χ2n) is 2.25. The minimum atomic E-state index is -0.304. The van der Waals surface area contributed by atoms with Crippen LogP contribution in [0.15, 0.2) is 24.5 Å². The molecule has 0 amide bonds. The first-order valence-corrected chi connectivity index (χ1v) is 3.27. The van der Waals surface area contributed by atoms with Gasteiger partial charge in [0.25, 0.3) is 0 Å². The van der Waals surface area contributed by atoms with E-state index in [2.05, 4.69) is 4.74 Å². The largest absolute Gasteiger partial charge is 1.00 e. The highest BCUT2D eigenvalue weighted by Gasteiger charge is 2.07. The molecule has 0 radical (unpaired) electrons. The molecule has 3 nitrogen and oxygen atoms in total. The molecule has 1 aromatic rings. The van der Waals surface area contributed by atoms with E-state index < -0.39 is 0 Å². The fourth-order valence-corrected chi connectivity index (χ4v) is 0.827. The van der Waals surface area contributed by atoms with Crippen LogP contribution in [0.25, 0.3) is 0 Å². The van der Waals surface area contributed by atoms with Crippen LogP contribution in [0, 0.1) is 0 Å². The lowest BCUT2D eigenvalue weighted by molar-refractivity contribution is -0.671. The Hall–Kier alpha value is -0.650. The van der Waals surface area contributed by atoms with Gasteiger partial charge in [0.2, 0.25) is 0 Å². The molecule has 0 unspecified atom stereocenters. The van der Waals surface area contributed by atoms with E-state index >= 15 is 0 Å². The number of esters is 1. The number of aromatic nitrogens is 1. The normalized spacial score (nSPS) is 8.50. The van der Waals surface area contributed by atoms with Crippen LogP contribution >= 0.6 is 0 Å². The summed E-state index contributed by atoms with van der Waals surface area (Å²) in [4.78, 5) is 10.9. The third-order valence-electron chi connectivity index (χ3n) is 1.36. The Morgan fingerprint density at radius 3 is 2.75 bits per heavy atom. The van der Waals surface area contributed by atoms with Gasteiger partial charge < -0.3 is 28.7 Å². The van der Waals surface area contributed by atoms with Gasteiger partial charge in [-0.05, 0) is 6.07 Å². The van der Waals surface area contributed by atoms with Crippen LogP contribution in [0.5, 0.6) is 0 Å². The smallest absolute Gasteiger partial charge is 0.343 e. The Labute approximate surface area is 88.4 Å². The number of rotatable bonds is 1. The van der Waals surface area contributed by atoms with Crippen molar-refractivity contribution >= 4 is 5.97 Å². The Balaban J connectivity index is 0.00000121. The van der Waals surface area contributed by atoms with Crippen molar-refractivity contribution in [2.24, 2.45) is 7.05 Å². The Bertz CT molecular complexity index is 276. The molecule has 4 heteroatoms. The molecule has 0 saturated carbocycles. The van der Waals surface area contributed by atoms with Gasteiger partial charge in [-0.3, -0.25) is 0 Å². The number of methoxy groups -OCH3 is 1. The lowest BCUT2D eigenvalue weighted by Crippen LogP contribution is -3.00. The van der Waals surface area contributed by atoms with E-state index in [1.165, 1.54) is 7.11 Å². The molecule has 0 atom stereocenters. The molecule has 0 aromatic carbocycles. The fraction of sp³-hybridized carbons (Fsp3) is 0.250. The SMILES string of the molecule is COC(=O)c1ccc[n+](C)c1.[I-]. The summed E-state index contributed by atoms with van der Waals surface area (Å²) in [5, 5.41) is 0. The average molecular weight is 279 g/mol.